The van der Waals surface area contributed by atoms with Crippen molar-refractivity contribution < 1.29 is 18.7 Å². The maximum Gasteiger partial charge on any atom is 0.346 e. The van der Waals surface area contributed by atoms with Gasteiger partial charge in [0.2, 0.25) is 0 Å². The average molecular weight is 340 g/mol. The average Bonchev–Trinajstić information content (AvgIpc) is 2.89. The van der Waals surface area contributed by atoms with E-state index in [0.29, 0.717) is 11.1 Å². The van der Waals surface area contributed by atoms with E-state index in [-0.39, 0.29) is 18.5 Å². The number of nitrogens with zero attached hydrogens (tertiary/aromatic N) is 2. The van der Waals surface area contributed by atoms with E-state index >= 15 is 0 Å². The van der Waals surface area contributed by atoms with Crippen molar-refractivity contribution in [1.29, 1.82) is 5.26 Å². The predicted molar refractivity (Wildman–Crippen MR) is 90.0 cm³/mol. The van der Waals surface area contributed by atoms with Crippen LogP contribution in [0.25, 0.3) is 17.0 Å². The van der Waals surface area contributed by atoms with Crippen molar-refractivity contribution in [1.82, 2.24) is 4.57 Å². The molecule has 0 fully saturated rings. The molecule has 1 aliphatic rings. The van der Waals surface area contributed by atoms with Gasteiger partial charge in [0.15, 0.2) is 0 Å². The van der Waals surface area contributed by atoms with E-state index in [1.54, 1.807) is 22.9 Å². The van der Waals surface area contributed by atoms with Crippen molar-refractivity contribution in [2.75, 3.05) is 0 Å². The van der Waals surface area contributed by atoms with E-state index in [4.69, 9.17) is 10.4 Å². The minimum absolute atomic E-state index is 0.115. The van der Waals surface area contributed by atoms with Crippen LogP contribution in [0.5, 0.6) is 0 Å². The minimum Gasteiger partial charge on any atom is -0.477 e. The Morgan fingerprint density at radius 3 is 2.88 bits per heavy atom. The van der Waals surface area contributed by atoms with Crippen LogP contribution >= 0.6 is 0 Å². The fraction of sp³-hybridized carbons (Fsp3) is 0.158. The standard InChI is InChI=1S/C19H14F2N2O2/c20-15-5-12(6-16(21)8-15)10-23-11-14(7-13(9-22)19(24)25)17-3-1-2-4-18(17)23/h1-5,7-8,11,16H,6,10H2,(H,24,25)/b13-7+. The molecule has 1 aromatic carbocycles. The number of aliphatic carboxylic acids is 1. The number of carbonyl (C=O) groups is 1. The molecule has 1 aliphatic carbocycles. The lowest BCUT2D eigenvalue weighted by atomic mass is 10.0. The summed E-state index contributed by atoms with van der Waals surface area (Å²) in [5, 5.41) is 18.8. The van der Waals surface area contributed by atoms with Gasteiger partial charge in [-0.1, -0.05) is 18.2 Å². The highest BCUT2D eigenvalue weighted by Crippen LogP contribution is 2.27. The van der Waals surface area contributed by atoms with Crippen LogP contribution in [0.2, 0.25) is 0 Å². The molecule has 0 amide bonds. The summed E-state index contributed by atoms with van der Waals surface area (Å²) in [6.07, 6.45) is 4.02. The third kappa shape index (κ3) is 3.50. The Morgan fingerprint density at radius 1 is 1.44 bits per heavy atom. The van der Waals surface area contributed by atoms with Gasteiger partial charge in [-0.05, 0) is 29.9 Å². The van der Waals surface area contributed by atoms with Crippen molar-refractivity contribution in [3.05, 3.63) is 65.2 Å². The number of rotatable bonds is 4. The third-order valence-corrected chi connectivity index (χ3v) is 3.98. The number of fused-ring (bicyclic) bond motifs is 1. The molecule has 1 heterocycles. The van der Waals surface area contributed by atoms with Gasteiger partial charge in [-0.25, -0.2) is 13.6 Å². The van der Waals surface area contributed by atoms with E-state index in [9.17, 15) is 13.6 Å². The second-order valence-electron chi connectivity index (χ2n) is 5.78. The number of benzene rings is 1. The highest BCUT2D eigenvalue weighted by Gasteiger charge is 2.17. The normalized spacial score (nSPS) is 17.8. The second-order valence-corrected chi connectivity index (χ2v) is 5.78. The number of carboxylic acid groups (broad SMARTS) is 1. The minimum atomic E-state index is -1.35. The van der Waals surface area contributed by atoms with Crippen LogP contribution in [0.15, 0.2) is 59.6 Å². The number of alkyl halides is 1. The molecular formula is C19H14F2N2O2. The summed E-state index contributed by atoms with van der Waals surface area (Å²) in [7, 11) is 0. The van der Waals surface area contributed by atoms with Crippen molar-refractivity contribution in [2.24, 2.45) is 0 Å². The quantitative estimate of drug-likeness (QED) is 0.671. The van der Waals surface area contributed by atoms with Gasteiger partial charge >= 0.3 is 5.97 Å². The Labute approximate surface area is 142 Å². The van der Waals surface area contributed by atoms with E-state index in [1.165, 1.54) is 12.2 Å². The molecule has 2 aromatic rings. The van der Waals surface area contributed by atoms with E-state index in [1.807, 2.05) is 18.2 Å². The van der Waals surface area contributed by atoms with Crippen molar-refractivity contribution in [2.45, 2.75) is 19.1 Å². The molecule has 0 saturated heterocycles. The highest BCUT2D eigenvalue weighted by molar-refractivity contribution is 6.00. The molecule has 4 nitrogen and oxygen atoms in total. The first-order valence-electron chi connectivity index (χ1n) is 7.61. The maximum absolute atomic E-state index is 13.5. The van der Waals surface area contributed by atoms with Gasteiger partial charge in [0.1, 0.15) is 23.6 Å². The summed E-state index contributed by atoms with van der Waals surface area (Å²) >= 11 is 0. The number of nitriles is 1. The zero-order valence-electron chi connectivity index (χ0n) is 13.1. The molecular weight excluding hydrogens is 326 g/mol. The van der Waals surface area contributed by atoms with Crippen LogP contribution in [0, 0.1) is 11.3 Å². The lowest BCUT2D eigenvalue weighted by molar-refractivity contribution is -0.132. The zero-order valence-corrected chi connectivity index (χ0v) is 13.1. The fourth-order valence-electron chi connectivity index (χ4n) is 2.93. The summed E-state index contributed by atoms with van der Waals surface area (Å²) in [6, 6.07) is 8.92. The number of hydrogen-bond donors (Lipinski definition) is 1. The first kappa shape index (κ1) is 16.7. The van der Waals surface area contributed by atoms with E-state index in [0.717, 1.165) is 17.0 Å². The van der Waals surface area contributed by atoms with Gasteiger partial charge in [0.25, 0.3) is 0 Å². The number of para-hydroxylation sites is 1. The summed E-state index contributed by atoms with van der Waals surface area (Å²) in [6.45, 7) is 0.283. The smallest absolute Gasteiger partial charge is 0.346 e. The van der Waals surface area contributed by atoms with Crippen LogP contribution in [-0.4, -0.2) is 21.8 Å². The molecule has 0 bridgehead atoms. The molecule has 0 saturated carbocycles. The number of halogens is 2. The summed E-state index contributed by atoms with van der Waals surface area (Å²) in [5.74, 6) is -1.90. The SMILES string of the molecule is N#C/C(=C\c1cn(CC2=CC(F)=CC(F)C2)c2ccccc12)C(=O)O. The van der Waals surface area contributed by atoms with Gasteiger partial charge in [-0.2, -0.15) is 5.26 Å². The van der Waals surface area contributed by atoms with Gasteiger partial charge in [0.05, 0.1) is 0 Å². The Morgan fingerprint density at radius 2 is 2.20 bits per heavy atom. The third-order valence-electron chi connectivity index (χ3n) is 3.98. The van der Waals surface area contributed by atoms with Crippen molar-refractivity contribution >= 4 is 22.9 Å². The first-order valence-corrected chi connectivity index (χ1v) is 7.61. The topological polar surface area (TPSA) is 66.0 Å². The first-order chi connectivity index (χ1) is 12.0. The van der Waals surface area contributed by atoms with Gasteiger partial charge in [0, 0.05) is 35.6 Å². The lowest BCUT2D eigenvalue weighted by Gasteiger charge is -2.14. The maximum atomic E-state index is 13.5. The molecule has 1 atom stereocenters. The molecule has 1 aromatic heterocycles. The van der Waals surface area contributed by atoms with Gasteiger partial charge in [-0.3, -0.25) is 0 Å². The molecule has 6 heteroatoms. The van der Waals surface area contributed by atoms with Crippen LogP contribution in [0.3, 0.4) is 0 Å². The molecule has 126 valence electrons. The molecule has 1 unspecified atom stereocenters. The van der Waals surface area contributed by atoms with Crippen LogP contribution in [-0.2, 0) is 11.3 Å². The summed E-state index contributed by atoms with van der Waals surface area (Å²) in [4.78, 5) is 11.1. The van der Waals surface area contributed by atoms with Gasteiger partial charge < -0.3 is 9.67 Å². The lowest BCUT2D eigenvalue weighted by Crippen LogP contribution is -2.09. The summed E-state index contributed by atoms with van der Waals surface area (Å²) < 4.78 is 28.8. The zero-order chi connectivity index (χ0) is 18.0. The van der Waals surface area contributed by atoms with Crippen molar-refractivity contribution in [3.8, 4) is 6.07 Å². The fourth-order valence-corrected chi connectivity index (χ4v) is 2.93. The number of hydrogen-bond acceptors (Lipinski definition) is 2. The molecule has 25 heavy (non-hydrogen) atoms. The van der Waals surface area contributed by atoms with Crippen LogP contribution in [0.4, 0.5) is 8.78 Å². The van der Waals surface area contributed by atoms with Crippen LogP contribution in [0.1, 0.15) is 12.0 Å². The predicted octanol–water partition coefficient (Wildman–Crippen LogP) is 4.15. The Kier molecular flexibility index (Phi) is 4.48. The van der Waals surface area contributed by atoms with Gasteiger partial charge in [-0.15, -0.1) is 0 Å². The molecule has 0 aliphatic heterocycles. The molecule has 0 spiro atoms. The molecule has 0 radical (unpaired) electrons. The monoisotopic (exact) mass is 340 g/mol. The number of aromatic nitrogens is 1. The molecule has 3 rings (SSSR count). The highest BCUT2D eigenvalue weighted by atomic mass is 19.1. The molecule has 1 N–H and O–H groups in total. The van der Waals surface area contributed by atoms with E-state index < -0.39 is 18.0 Å². The largest absolute Gasteiger partial charge is 0.477 e. The Balaban J connectivity index is 2.05. The van der Waals surface area contributed by atoms with Crippen LogP contribution < -0.4 is 0 Å². The Bertz CT molecular complexity index is 977. The second kappa shape index (κ2) is 6.73. The van der Waals surface area contributed by atoms with Crippen molar-refractivity contribution in [3.63, 3.8) is 0 Å². The van der Waals surface area contributed by atoms with E-state index in [2.05, 4.69) is 0 Å². The summed E-state index contributed by atoms with van der Waals surface area (Å²) in [5.41, 5.74) is 1.58. The number of allylic oxidation sites excluding steroid dienone is 4. The number of carboxylic acids is 1. The Hall–Kier alpha value is -3.20.